The lowest BCUT2D eigenvalue weighted by atomic mass is 10.1. The van der Waals surface area contributed by atoms with Crippen LogP contribution in [0.4, 0.5) is 24.3 Å². The number of carbonyl (C=O) groups is 3. The molecule has 0 fully saturated rings. The fraction of sp³-hybridized carbons (Fsp3) is 0.308. The molecule has 0 saturated heterocycles. The summed E-state index contributed by atoms with van der Waals surface area (Å²) in [4.78, 5) is 37.3. The molecule has 0 radical (unpaired) electrons. The summed E-state index contributed by atoms with van der Waals surface area (Å²) in [5.41, 5.74) is 1.91. The number of amides is 3. The first-order chi connectivity index (χ1) is 18.2. The van der Waals surface area contributed by atoms with E-state index in [2.05, 4.69) is 15.8 Å². The highest BCUT2D eigenvalue weighted by molar-refractivity contribution is 5.85. The summed E-state index contributed by atoms with van der Waals surface area (Å²) in [7, 11) is 1.43. The Morgan fingerprint density at radius 3 is 2.58 bits per heavy atom. The van der Waals surface area contributed by atoms with Gasteiger partial charge in [-0.1, -0.05) is 47.6 Å². The van der Waals surface area contributed by atoms with E-state index in [1.54, 1.807) is 6.92 Å². The molecule has 1 aromatic heterocycles. The van der Waals surface area contributed by atoms with Gasteiger partial charge in [0.25, 0.3) is 0 Å². The highest BCUT2D eigenvalue weighted by Gasteiger charge is 2.23. The number of halogens is 2. The summed E-state index contributed by atoms with van der Waals surface area (Å²) < 4.78 is 37.9. The Balaban J connectivity index is 1.60. The number of aliphatic carboxylic acids is 1. The average Bonchev–Trinajstić information content (AvgIpc) is 3.26. The zero-order valence-corrected chi connectivity index (χ0v) is 20.9. The normalized spacial score (nSPS) is 11.5. The van der Waals surface area contributed by atoms with Crippen LogP contribution in [0.5, 0.6) is 0 Å². The van der Waals surface area contributed by atoms with Crippen molar-refractivity contribution in [3.63, 3.8) is 0 Å². The number of likely N-dealkylation sites (N-methyl/N-ethyl adjacent to an activating group) is 1. The van der Waals surface area contributed by atoms with Crippen LogP contribution in [0.3, 0.4) is 0 Å². The third kappa shape index (κ3) is 7.51. The van der Waals surface area contributed by atoms with Gasteiger partial charge in [-0.15, -0.1) is 0 Å². The van der Waals surface area contributed by atoms with Gasteiger partial charge in [0, 0.05) is 36.7 Å². The maximum atomic E-state index is 13.9. The zero-order chi connectivity index (χ0) is 27.7. The SMILES string of the molecule is Cc1c(-c2ccccc2)noc1NC(=O)OC[C@H](CCCC(=O)O)N(C)C(=O)NCc1cccc(F)c1F. The summed E-state index contributed by atoms with van der Waals surface area (Å²) in [6.45, 7) is 1.19. The molecule has 38 heavy (non-hydrogen) atoms. The van der Waals surface area contributed by atoms with Crippen LogP contribution in [0.2, 0.25) is 0 Å². The number of carboxylic acid groups (broad SMARTS) is 1. The molecule has 0 aliphatic rings. The van der Waals surface area contributed by atoms with E-state index in [0.29, 0.717) is 11.3 Å². The van der Waals surface area contributed by atoms with E-state index in [1.165, 1.54) is 24.1 Å². The molecule has 3 N–H and O–H groups in total. The standard InChI is InChI=1S/C26H28F2N4O6/c1-16-23(17-8-4-3-5-9-17)31-38-24(16)30-26(36)37-15-19(11-7-13-21(33)34)32(2)25(35)29-14-18-10-6-12-20(27)22(18)28/h3-6,8-10,12,19H,7,11,13-15H2,1-2H3,(H,29,35)(H,30,36)(H,33,34)/t19-/m0/s1. The lowest BCUT2D eigenvalue weighted by Gasteiger charge is -2.28. The van der Waals surface area contributed by atoms with Crippen LogP contribution in [-0.4, -0.2) is 53.0 Å². The van der Waals surface area contributed by atoms with Gasteiger partial charge >= 0.3 is 18.1 Å². The van der Waals surface area contributed by atoms with Crippen molar-refractivity contribution < 1.29 is 37.5 Å². The van der Waals surface area contributed by atoms with Crippen LogP contribution in [0, 0.1) is 18.6 Å². The lowest BCUT2D eigenvalue weighted by molar-refractivity contribution is -0.137. The number of rotatable bonds is 11. The van der Waals surface area contributed by atoms with Gasteiger partial charge in [0.1, 0.15) is 12.3 Å². The second-order valence-corrected chi connectivity index (χ2v) is 8.50. The fourth-order valence-electron chi connectivity index (χ4n) is 3.64. The van der Waals surface area contributed by atoms with Crippen molar-refractivity contribution in [2.75, 3.05) is 19.0 Å². The second kappa shape index (κ2) is 13.2. The molecule has 0 spiro atoms. The number of anilines is 1. The summed E-state index contributed by atoms with van der Waals surface area (Å²) in [6.07, 6.45) is -0.588. The van der Waals surface area contributed by atoms with Gasteiger partial charge in [-0.3, -0.25) is 10.1 Å². The summed E-state index contributed by atoms with van der Waals surface area (Å²) in [6, 6.07) is 11.5. The molecule has 0 unspecified atom stereocenters. The number of ether oxygens (including phenoxy) is 1. The number of urea groups is 1. The maximum absolute atomic E-state index is 13.9. The maximum Gasteiger partial charge on any atom is 0.414 e. The first kappa shape index (κ1) is 28.1. The van der Waals surface area contributed by atoms with E-state index in [-0.39, 0.29) is 43.9 Å². The first-order valence-corrected chi connectivity index (χ1v) is 11.8. The highest BCUT2D eigenvalue weighted by Crippen LogP contribution is 2.27. The van der Waals surface area contributed by atoms with E-state index >= 15 is 0 Å². The van der Waals surface area contributed by atoms with Crippen molar-refractivity contribution in [1.82, 2.24) is 15.4 Å². The van der Waals surface area contributed by atoms with Crippen LogP contribution in [0.1, 0.15) is 30.4 Å². The molecule has 3 aromatic rings. The Morgan fingerprint density at radius 2 is 1.87 bits per heavy atom. The molecule has 0 aliphatic heterocycles. The molecule has 0 aliphatic carbocycles. The monoisotopic (exact) mass is 530 g/mol. The second-order valence-electron chi connectivity index (χ2n) is 8.50. The number of hydrogen-bond acceptors (Lipinski definition) is 6. The number of benzene rings is 2. The number of nitrogens with zero attached hydrogens (tertiary/aromatic N) is 2. The lowest BCUT2D eigenvalue weighted by Crippen LogP contribution is -2.46. The van der Waals surface area contributed by atoms with Crippen LogP contribution < -0.4 is 10.6 Å². The molecule has 10 nitrogen and oxygen atoms in total. The summed E-state index contributed by atoms with van der Waals surface area (Å²) >= 11 is 0. The van der Waals surface area contributed by atoms with E-state index in [1.807, 2.05) is 30.3 Å². The van der Waals surface area contributed by atoms with Crippen molar-refractivity contribution in [1.29, 1.82) is 0 Å². The predicted octanol–water partition coefficient (Wildman–Crippen LogP) is 4.94. The number of carboxylic acids is 1. The third-order valence-electron chi connectivity index (χ3n) is 5.85. The van der Waals surface area contributed by atoms with E-state index in [4.69, 9.17) is 14.4 Å². The Kier molecular flexibility index (Phi) is 9.74. The molecular weight excluding hydrogens is 502 g/mol. The van der Waals surface area contributed by atoms with Gasteiger partial charge in [-0.2, -0.15) is 0 Å². The third-order valence-corrected chi connectivity index (χ3v) is 5.85. The Morgan fingerprint density at radius 1 is 1.13 bits per heavy atom. The number of hydrogen-bond donors (Lipinski definition) is 3. The quantitative estimate of drug-likeness (QED) is 0.320. The molecule has 202 valence electrons. The minimum atomic E-state index is -1.06. The molecule has 0 bridgehead atoms. The number of carbonyl (C=O) groups excluding carboxylic acids is 2. The van der Waals surface area contributed by atoms with Crippen molar-refractivity contribution >= 4 is 24.0 Å². The zero-order valence-electron chi connectivity index (χ0n) is 20.9. The van der Waals surface area contributed by atoms with E-state index < -0.39 is 35.8 Å². The van der Waals surface area contributed by atoms with Gasteiger partial charge in [0.2, 0.25) is 5.88 Å². The topological polar surface area (TPSA) is 134 Å². The van der Waals surface area contributed by atoms with Crippen LogP contribution in [-0.2, 0) is 16.1 Å². The number of aromatic nitrogens is 1. The summed E-state index contributed by atoms with van der Waals surface area (Å²) in [5.74, 6) is -3.01. The van der Waals surface area contributed by atoms with Crippen molar-refractivity contribution in [2.24, 2.45) is 0 Å². The van der Waals surface area contributed by atoms with Gasteiger partial charge in [-0.25, -0.2) is 18.4 Å². The molecule has 1 atom stereocenters. The van der Waals surface area contributed by atoms with Crippen molar-refractivity contribution in [3.05, 3.63) is 71.3 Å². The van der Waals surface area contributed by atoms with Gasteiger partial charge in [0.05, 0.1) is 6.04 Å². The predicted molar refractivity (Wildman–Crippen MR) is 133 cm³/mol. The minimum absolute atomic E-state index is 0.0397. The Hall–Kier alpha value is -4.48. The molecule has 2 aromatic carbocycles. The van der Waals surface area contributed by atoms with E-state index in [9.17, 15) is 23.2 Å². The summed E-state index contributed by atoms with van der Waals surface area (Å²) in [5, 5.41) is 17.9. The van der Waals surface area contributed by atoms with E-state index in [0.717, 1.165) is 11.6 Å². The fourth-order valence-corrected chi connectivity index (χ4v) is 3.64. The number of nitrogens with one attached hydrogen (secondary N) is 2. The smallest absolute Gasteiger partial charge is 0.414 e. The van der Waals surface area contributed by atoms with Crippen LogP contribution in [0.15, 0.2) is 53.1 Å². The van der Waals surface area contributed by atoms with Crippen LogP contribution in [0.25, 0.3) is 11.3 Å². The van der Waals surface area contributed by atoms with Gasteiger partial charge < -0.3 is 24.6 Å². The highest BCUT2D eigenvalue weighted by atomic mass is 19.2. The molecular formula is C26H28F2N4O6. The molecule has 3 amide bonds. The van der Waals surface area contributed by atoms with Crippen molar-refractivity contribution in [3.8, 4) is 11.3 Å². The van der Waals surface area contributed by atoms with Crippen molar-refractivity contribution in [2.45, 2.75) is 38.8 Å². The molecule has 12 heteroatoms. The average molecular weight is 531 g/mol. The Bertz CT molecular complexity index is 1270. The van der Waals surface area contributed by atoms with Gasteiger partial charge in [-0.05, 0) is 25.8 Å². The Labute approximate surface area is 217 Å². The largest absolute Gasteiger partial charge is 0.481 e. The first-order valence-electron chi connectivity index (χ1n) is 11.8. The minimum Gasteiger partial charge on any atom is -0.481 e. The van der Waals surface area contributed by atoms with Gasteiger partial charge in [0.15, 0.2) is 11.6 Å². The molecule has 1 heterocycles. The van der Waals surface area contributed by atoms with Crippen LogP contribution >= 0.6 is 0 Å². The molecule has 3 rings (SSSR count). The molecule has 0 saturated carbocycles.